The zero-order valence-corrected chi connectivity index (χ0v) is 69.4. The molecule has 4 amide bonds. The highest BCUT2D eigenvalue weighted by molar-refractivity contribution is 5.84. The number of amides is 4. The lowest BCUT2D eigenvalue weighted by Crippen LogP contribution is -2.62. The second kappa shape index (κ2) is 48.1. The average molecular weight is 1740 g/mol. The van der Waals surface area contributed by atoms with Crippen LogP contribution >= 0.6 is 0 Å². The summed E-state index contributed by atoms with van der Waals surface area (Å²) in [6.07, 6.45) is -17.5. The molecule has 0 spiro atoms. The summed E-state index contributed by atoms with van der Waals surface area (Å²) in [6, 6.07) is 32.7. The van der Waals surface area contributed by atoms with Crippen LogP contribution in [0.5, 0.6) is 0 Å². The van der Waals surface area contributed by atoms with Crippen LogP contribution < -0.4 is 55.7 Å². The number of carbonyl (C=O) groups excluding carboxylic acids is 6. The predicted molar refractivity (Wildman–Crippen MR) is 439 cm³/mol. The van der Waals surface area contributed by atoms with Gasteiger partial charge in [0.15, 0.2) is 43.5 Å². The molecule has 22 N–H and O–H groups in total. The van der Waals surface area contributed by atoms with Crippen LogP contribution in [-0.2, 0) is 112 Å². The number of carbonyl (C=O) groups is 6. The Morgan fingerprint density at radius 3 is 1.24 bits per heavy atom. The Balaban J connectivity index is 0.000000298. The molecule has 4 saturated heterocycles. The number of alkyl carbamates (subject to hydrolysis) is 4. The van der Waals surface area contributed by atoms with Crippen molar-refractivity contribution >= 4 is 35.9 Å². The molecule has 8 aliphatic rings. The number of nitrogens with two attached hydrogens (primary N) is 6. The number of hydrogen-bond donors (Lipinski definition) is 16. The van der Waals surface area contributed by atoms with Gasteiger partial charge in [-0.15, -0.1) is 0 Å². The molecule has 124 heavy (non-hydrogen) atoms. The van der Waals surface area contributed by atoms with Crippen molar-refractivity contribution in [3.05, 3.63) is 168 Å². The van der Waals surface area contributed by atoms with Gasteiger partial charge in [0.25, 0.3) is 0 Å². The highest BCUT2D eigenvalue weighted by Gasteiger charge is 2.56. The third kappa shape index (κ3) is 27.4. The Morgan fingerprint density at radius 2 is 0.798 bits per heavy atom. The van der Waals surface area contributed by atoms with Crippen molar-refractivity contribution in [1.82, 2.24) is 21.3 Å². The number of hydrogen-bond acceptors (Lipinski definition) is 34. The summed E-state index contributed by atoms with van der Waals surface area (Å²) in [7, 11) is 0. The standard InChI is InChI=1S/C60H72N4O18.C26H50N6O10/c1-3-44-24-26-46(63-59(71)75-35-40-20-12-6-13-21-40)54(77-44)80-51-37(2)28-42(29-43(66)30-61-57(69)73-33-38-16-8-4-9-17-38)49(67)53(51)82-56-50(68)52(48(32-65)79-56)81-55-47(64-60(72)76-36-41-22-14-7-15-23-41)27-25-45(78-55)31-62-58(70)74-34-39-18-10-5-11-19-39;27-7-12(34)5-11-6-17(32)21(40-24-15(30)3-1-13(8-28)37-24)23(19(11)35)42-26-20(36)22(18(10-33)39-26)41-25-16(31)4-2-14(9-29)38-25/h4-27,37,42,44-56,65,67-68H,3,28-36H2,1-2H3,(H,61,69)(H,62,70)(H,63,71)(H,64,72);11,13-26,33,35-36H,1-10,27-32H2/t37-,42-,44+,45+,46+,47+,48+,49-,50+,51+,52+,53+,54+,55+,56-;11-,13+,14-,15-,16-,17+,18-,19+,20-,21-,22-,23-,24-,25-,26+/m01/s1. The van der Waals surface area contributed by atoms with Gasteiger partial charge >= 0.3 is 24.4 Å². The fourth-order valence-electron chi connectivity index (χ4n) is 16.1. The van der Waals surface area contributed by atoms with E-state index in [4.69, 9.17) is 110 Å². The molecule has 38 heteroatoms. The largest absolute Gasteiger partial charge is 0.445 e. The van der Waals surface area contributed by atoms with Gasteiger partial charge in [0.05, 0.1) is 87.7 Å². The Kier molecular flexibility index (Phi) is 37.4. The van der Waals surface area contributed by atoms with E-state index in [1.807, 2.05) is 86.6 Å². The van der Waals surface area contributed by atoms with Crippen molar-refractivity contribution in [1.29, 1.82) is 0 Å². The molecule has 0 bridgehead atoms. The fourth-order valence-corrected chi connectivity index (χ4v) is 16.1. The van der Waals surface area contributed by atoms with Gasteiger partial charge in [-0.1, -0.05) is 159 Å². The van der Waals surface area contributed by atoms with Gasteiger partial charge in [-0.05, 0) is 85.0 Å². The molecule has 38 nitrogen and oxygen atoms in total. The Bertz CT molecular complexity index is 4000. The summed E-state index contributed by atoms with van der Waals surface area (Å²) < 4.78 is 96.3. The van der Waals surface area contributed by atoms with Gasteiger partial charge < -0.3 is 162 Å². The van der Waals surface area contributed by atoms with Crippen LogP contribution in [0, 0.1) is 17.8 Å². The lowest BCUT2D eigenvalue weighted by atomic mass is 9.74. The molecule has 684 valence electrons. The van der Waals surface area contributed by atoms with Crippen LogP contribution in [0.1, 0.15) is 93.9 Å². The molecule has 6 heterocycles. The van der Waals surface area contributed by atoms with Gasteiger partial charge in [-0.3, -0.25) is 9.59 Å². The maximum absolute atomic E-state index is 13.6. The Morgan fingerprint density at radius 1 is 0.411 bits per heavy atom. The summed E-state index contributed by atoms with van der Waals surface area (Å²) in [6.45, 7) is 2.33. The minimum absolute atomic E-state index is 0.00552. The highest BCUT2D eigenvalue weighted by atomic mass is 16.8. The zero-order valence-electron chi connectivity index (χ0n) is 69.4. The summed E-state index contributed by atoms with van der Waals surface area (Å²) in [4.78, 5) is 77.7. The van der Waals surface area contributed by atoms with Crippen molar-refractivity contribution in [2.75, 3.05) is 45.9 Å². The van der Waals surface area contributed by atoms with Gasteiger partial charge in [0.1, 0.15) is 99.2 Å². The van der Waals surface area contributed by atoms with E-state index in [1.54, 1.807) is 72.8 Å². The first kappa shape index (κ1) is 96.5. The van der Waals surface area contributed by atoms with Crippen LogP contribution in [-0.4, -0.2) is 278 Å². The second-order valence-electron chi connectivity index (χ2n) is 32.1. The number of nitrogens with one attached hydrogen (secondary N) is 4. The number of aliphatic hydroxyl groups excluding tert-OH is 6. The van der Waals surface area contributed by atoms with Crippen molar-refractivity contribution < 1.29 is 135 Å². The molecular formula is C86H122N10O28. The van der Waals surface area contributed by atoms with E-state index in [0.29, 0.717) is 32.1 Å². The van der Waals surface area contributed by atoms with Crippen LogP contribution in [0.15, 0.2) is 146 Å². The molecule has 0 radical (unpaired) electrons. The summed E-state index contributed by atoms with van der Waals surface area (Å²) in [5.41, 5.74) is 39.1. The van der Waals surface area contributed by atoms with Gasteiger partial charge in [-0.25, -0.2) is 19.2 Å². The van der Waals surface area contributed by atoms with E-state index in [2.05, 4.69) is 21.3 Å². The molecule has 4 aromatic carbocycles. The quantitative estimate of drug-likeness (QED) is 0.0223. The van der Waals surface area contributed by atoms with E-state index in [9.17, 15) is 59.4 Å². The minimum atomic E-state index is -1.72. The zero-order chi connectivity index (χ0) is 88.3. The van der Waals surface area contributed by atoms with E-state index in [1.165, 1.54) is 0 Å². The van der Waals surface area contributed by atoms with Crippen molar-refractivity contribution in [3.63, 3.8) is 0 Å². The van der Waals surface area contributed by atoms with Gasteiger partial charge in [0.2, 0.25) is 0 Å². The van der Waals surface area contributed by atoms with E-state index < -0.39 is 221 Å². The van der Waals surface area contributed by atoms with E-state index >= 15 is 0 Å². The lowest BCUT2D eigenvalue weighted by Gasteiger charge is -2.46. The monoisotopic (exact) mass is 1740 g/mol. The van der Waals surface area contributed by atoms with E-state index in [0.717, 1.165) is 22.3 Å². The van der Waals surface area contributed by atoms with Gasteiger partial charge in [-0.2, -0.15) is 0 Å². The maximum Gasteiger partial charge on any atom is 0.408 e. The third-order valence-electron chi connectivity index (χ3n) is 22.9. The molecular weight excluding hydrogens is 1620 g/mol. The minimum Gasteiger partial charge on any atom is -0.445 e. The topological polar surface area (TPSA) is 576 Å². The normalized spacial score (nSPS) is 34.6. The molecule has 6 aliphatic heterocycles. The second-order valence-corrected chi connectivity index (χ2v) is 32.1. The summed E-state index contributed by atoms with van der Waals surface area (Å²) >= 11 is 0. The molecule has 2 saturated carbocycles. The predicted octanol–water partition coefficient (Wildman–Crippen LogP) is 1.04. The smallest absolute Gasteiger partial charge is 0.408 e. The molecule has 12 rings (SSSR count). The molecule has 2 aliphatic carbocycles. The van der Waals surface area contributed by atoms with Crippen LogP contribution in [0.2, 0.25) is 0 Å². The molecule has 0 aromatic heterocycles. The number of ketones is 2. The average Bonchev–Trinajstić information content (AvgIpc) is 1.35. The van der Waals surface area contributed by atoms with Crippen LogP contribution in [0.4, 0.5) is 19.2 Å². The summed E-state index contributed by atoms with van der Waals surface area (Å²) in [5.74, 6) is -2.57. The Labute approximate surface area is 719 Å². The first-order chi connectivity index (χ1) is 59.9. The molecule has 4 aromatic rings. The number of rotatable bonds is 36. The van der Waals surface area contributed by atoms with Crippen molar-refractivity contribution in [2.24, 2.45) is 52.2 Å². The van der Waals surface area contributed by atoms with Crippen molar-refractivity contribution in [2.45, 2.75) is 264 Å². The highest BCUT2D eigenvalue weighted by Crippen LogP contribution is 2.42. The van der Waals surface area contributed by atoms with Crippen LogP contribution in [0.25, 0.3) is 0 Å². The molecule has 30 atom stereocenters. The Hall–Kier alpha value is -8.18. The van der Waals surface area contributed by atoms with Crippen molar-refractivity contribution in [3.8, 4) is 0 Å². The number of aliphatic hydroxyl groups is 6. The first-order valence-corrected chi connectivity index (χ1v) is 42.3. The first-order valence-electron chi connectivity index (χ1n) is 42.3. The van der Waals surface area contributed by atoms with Crippen LogP contribution in [0.3, 0.4) is 0 Å². The number of benzene rings is 4. The molecule has 0 unspecified atom stereocenters. The summed E-state index contributed by atoms with van der Waals surface area (Å²) in [5, 5.41) is 78.7. The fraction of sp³-hybridized carbons (Fsp3) is 0.605. The maximum atomic E-state index is 13.6. The SMILES string of the molecule is CC[C@@H]1C=C[C@@H](NC(=O)OCc2ccccc2)[C@@H](O[C@H]2[C@H](O[C@@H]3O[C@H](CO)[C@@H](O[C@H]4O[C@@H](CNC(=O)OCc5ccccc5)C=C[C@H]4NC(=O)OCc4ccccc4)[C@H]3O)[C@@H](O)[C@H](CC(=O)CNC(=O)OCc3ccccc3)C[C@@H]2C)O1.NCC(=O)C[C@@H]1C[C@H](N)[C@@H](O[C@H]2O[C@H](CN)CC[C@H]2N)[C@H](O[C@@H]2O[C@H](CO)[C@@H](O[C@H]3O[C@@H](CN)CC[C@H]3N)[C@H]2O)[C@H]1O. The number of Topliss-reactive ketones (excluding diaryl/α,β-unsaturated/α-hetero) is 2. The molecule has 6 fully saturated rings. The lowest BCUT2D eigenvalue weighted by molar-refractivity contribution is -0.291. The van der Waals surface area contributed by atoms with Gasteiger partial charge in [0, 0.05) is 32.0 Å². The van der Waals surface area contributed by atoms with E-state index in [-0.39, 0.29) is 96.3 Å². The number of ether oxygens (including phenoxy) is 16. The third-order valence-corrected chi connectivity index (χ3v) is 22.9.